The minimum Gasteiger partial charge on any atom is -0.508 e. The topological polar surface area (TPSA) is 71.7 Å². The van der Waals surface area contributed by atoms with Crippen molar-refractivity contribution in [3.8, 4) is 5.75 Å². The van der Waals surface area contributed by atoms with Gasteiger partial charge in [-0.3, -0.25) is 0 Å². The van der Waals surface area contributed by atoms with E-state index in [-0.39, 0.29) is 12.4 Å². The highest BCUT2D eigenvalue weighted by atomic mass is 16.5. The van der Waals surface area contributed by atoms with Crippen LogP contribution in [-0.4, -0.2) is 27.4 Å². The van der Waals surface area contributed by atoms with Gasteiger partial charge in [0, 0.05) is 29.8 Å². The highest BCUT2D eigenvalue weighted by Gasteiger charge is 2.23. The van der Waals surface area contributed by atoms with Gasteiger partial charge in [-0.2, -0.15) is 0 Å². The van der Waals surface area contributed by atoms with Gasteiger partial charge in [-0.1, -0.05) is 0 Å². The number of carbonyl (C=O) groups is 1. The number of benzene rings is 1. The maximum atomic E-state index is 11.6. The lowest BCUT2D eigenvalue weighted by Crippen LogP contribution is -2.15. The van der Waals surface area contributed by atoms with E-state index >= 15 is 0 Å². The van der Waals surface area contributed by atoms with E-state index in [9.17, 15) is 15.0 Å². The second-order valence-corrected chi connectivity index (χ2v) is 4.23. The molecule has 0 fully saturated rings. The number of ether oxygens (including phenoxy) is 1. The predicted molar refractivity (Wildman–Crippen MR) is 70.9 cm³/mol. The first-order valence-corrected chi connectivity index (χ1v) is 6.25. The number of aliphatic hydroxyl groups excluding tert-OH is 1. The third-order valence-electron chi connectivity index (χ3n) is 3.04. The number of rotatable bonds is 4. The fourth-order valence-electron chi connectivity index (χ4n) is 2.14. The van der Waals surface area contributed by atoms with Crippen LogP contribution in [0.5, 0.6) is 5.75 Å². The Labute approximate surface area is 111 Å². The van der Waals surface area contributed by atoms with Gasteiger partial charge in [-0.05, 0) is 26.0 Å². The average Bonchev–Trinajstić information content (AvgIpc) is 2.76. The summed E-state index contributed by atoms with van der Waals surface area (Å²) in [6.45, 7) is 4.54. The molecule has 0 aliphatic carbocycles. The first-order chi connectivity index (χ1) is 9.08. The molecule has 0 saturated heterocycles. The molecule has 0 bridgehead atoms. The molecule has 0 amide bonds. The van der Waals surface area contributed by atoms with Crippen molar-refractivity contribution in [3.05, 3.63) is 30.0 Å². The van der Waals surface area contributed by atoms with E-state index in [2.05, 4.69) is 0 Å². The van der Waals surface area contributed by atoms with Crippen LogP contribution in [-0.2, 0) is 16.1 Å². The summed E-state index contributed by atoms with van der Waals surface area (Å²) in [5, 5.41) is 20.3. The van der Waals surface area contributed by atoms with Crippen LogP contribution in [0.15, 0.2) is 24.4 Å². The molecule has 0 aliphatic rings. The third-order valence-corrected chi connectivity index (χ3v) is 3.04. The van der Waals surface area contributed by atoms with Crippen LogP contribution < -0.4 is 0 Å². The molecular formula is C14H17NO4. The highest BCUT2D eigenvalue weighted by molar-refractivity contribution is 5.90. The summed E-state index contributed by atoms with van der Waals surface area (Å²) in [7, 11) is 0. The lowest BCUT2D eigenvalue weighted by atomic mass is 10.1. The SMILES string of the molecule is CCOC(=O)C(O)c1cn(CC)c2cc(O)ccc12. The fourth-order valence-corrected chi connectivity index (χ4v) is 2.14. The molecule has 1 unspecified atom stereocenters. The Kier molecular flexibility index (Phi) is 3.76. The van der Waals surface area contributed by atoms with Gasteiger partial charge in [0.2, 0.25) is 0 Å². The predicted octanol–water partition coefficient (Wildman–Crippen LogP) is 1.96. The highest BCUT2D eigenvalue weighted by Crippen LogP contribution is 2.29. The standard InChI is InChI=1S/C14H17NO4/c1-3-15-8-11(13(17)14(18)19-4-2)10-6-5-9(16)7-12(10)15/h5-8,13,16-17H,3-4H2,1-2H3. The number of hydrogen-bond donors (Lipinski definition) is 2. The van der Waals surface area contributed by atoms with Gasteiger partial charge >= 0.3 is 5.97 Å². The van der Waals surface area contributed by atoms with E-state index in [1.807, 2.05) is 11.5 Å². The van der Waals surface area contributed by atoms with Gasteiger partial charge in [0.05, 0.1) is 12.1 Å². The van der Waals surface area contributed by atoms with Crippen molar-refractivity contribution in [2.45, 2.75) is 26.5 Å². The van der Waals surface area contributed by atoms with Crippen molar-refractivity contribution in [2.24, 2.45) is 0 Å². The minimum atomic E-state index is -1.31. The zero-order chi connectivity index (χ0) is 14.0. The van der Waals surface area contributed by atoms with Gasteiger partial charge in [-0.15, -0.1) is 0 Å². The minimum absolute atomic E-state index is 0.150. The van der Waals surface area contributed by atoms with Crippen molar-refractivity contribution in [2.75, 3.05) is 6.61 Å². The smallest absolute Gasteiger partial charge is 0.339 e. The Hall–Kier alpha value is -2.01. The van der Waals surface area contributed by atoms with Crippen LogP contribution in [0, 0.1) is 0 Å². The summed E-state index contributed by atoms with van der Waals surface area (Å²) < 4.78 is 6.69. The van der Waals surface area contributed by atoms with Crippen LogP contribution >= 0.6 is 0 Å². The van der Waals surface area contributed by atoms with Crippen LogP contribution in [0.2, 0.25) is 0 Å². The molecule has 0 spiro atoms. The molecule has 1 heterocycles. The number of aromatic nitrogens is 1. The van der Waals surface area contributed by atoms with E-state index < -0.39 is 12.1 Å². The number of phenols is 1. The summed E-state index contributed by atoms with van der Waals surface area (Å²) >= 11 is 0. The molecule has 1 aromatic carbocycles. The molecule has 19 heavy (non-hydrogen) atoms. The molecule has 5 nitrogen and oxygen atoms in total. The van der Waals surface area contributed by atoms with Crippen LogP contribution in [0.25, 0.3) is 10.9 Å². The summed E-state index contributed by atoms with van der Waals surface area (Å²) in [6.07, 6.45) is 0.408. The Bertz CT molecular complexity index is 603. The number of carbonyl (C=O) groups excluding carboxylic acids is 1. The molecule has 2 aromatic rings. The Morgan fingerprint density at radius 2 is 2.16 bits per heavy atom. The van der Waals surface area contributed by atoms with E-state index in [4.69, 9.17) is 4.74 Å². The van der Waals surface area contributed by atoms with E-state index in [0.717, 1.165) is 10.9 Å². The quantitative estimate of drug-likeness (QED) is 0.827. The number of hydrogen-bond acceptors (Lipinski definition) is 4. The monoisotopic (exact) mass is 263 g/mol. The molecule has 5 heteroatoms. The van der Waals surface area contributed by atoms with Gasteiger partial charge in [-0.25, -0.2) is 4.79 Å². The van der Waals surface area contributed by atoms with Crippen molar-refractivity contribution < 1.29 is 19.7 Å². The summed E-state index contributed by atoms with van der Waals surface area (Å²) in [5.41, 5.74) is 1.27. The van der Waals surface area contributed by atoms with Gasteiger partial charge in [0.25, 0.3) is 0 Å². The average molecular weight is 263 g/mol. The molecule has 2 rings (SSSR count). The lowest BCUT2D eigenvalue weighted by Gasteiger charge is -2.08. The molecule has 1 atom stereocenters. The number of esters is 1. The first-order valence-electron chi connectivity index (χ1n) is 6.25. The Morgan fingerprint density at radius 1 is 1.42 bits per heavy atom. The maximum Gasteiger partial charge on any atom is 0.339 e. The second kappa shape index (κ2) is 5.32. The Morgan fingerprint density at radius 3 is 2.79 bits per heavy atom. The van der Waals surface area contributed by atoms with Crippen LogP contribution in [0.1, 0.15) is 25.5 Å². The van der Waals surface area contributed by atoms with Gasteiger partial charge in [0.15, 0.2) is 6.10 Å². The largest absolute Gasteiger partial charge is 0.508 e. The second-order valence-electron chi connectivity index (χ2n) is 4.23. The number of nitrogens with zero attached hydrogens (tertiary/aromatic N) is 1. The zero-order valence-corrected chi connectivity index (χ0v) is 11.0. The summed E-state index contributed by atoms with van der Waals surface area (Å²) in [6, 6.07) is 4.83. The number of aliphatic hydroxyl groups is 1. The molecule has 102 valence electrons. The molecular weight excluding hydrogens is 246 g/mol. The number of phenolic OH excluding ortho intramolecular Hbond substituents is 1. The van der Waals surface area contributed by atoms with Crippen LogP contribution in [0.3, 0.4) is 0 Å². The molecule has 0 saturated carbocycles. The zero-order valence-electron chi connectivity index (χ0n) is 11.0. The number of fused-ring (bicyclic) bond motifs is 1. The third kappa shape index (κ3) is 2.42. The van der Waals surface area contributed by atoms with Crippen molar-refractivity contribution >= 4 is 16.9 Å². The van der Waals surface area contributed by atoms with Crippen molar-refractivity contribution in [3.63, 3.8) is 0 Å². The van der Waals surface area contributed by atoms with E-state index in [1.54, 1.807) is 25.3 Å². The van der Waals surface area contributed by atoms with Gasteiger partial charge < -0.3 is 19.5 Å². The summed E-state index contributed by atoms with van der Waals surface area (Å²) in [5.74, 6) is -0.511. The number of aryl methyl sites for hydroxylation is 1. The first kappa shape index (κ1) is 13.4. The molecule has 0 radical (unpaired) electrons. The normalized spacial score (nSPS) is 12.6. The molecule has 1 aromatic heterocycles. The number of aromatic hydroxyl groups is 1. The van der Waals surface area contributed by atoms with Gasteiger partial charge in [0.1, 0.15) is 5.75 Å². The van der Waals surface area contributed by atoms with Crippen molar-refractivity contribution in [1.82, 2.24) is 4.57 Å². The Balaban J connectivity index is 2.52. The van der Waals surface area contributed by atoms with Crippen LogP contribution in [0.4, 0.5) is 0 Å². The fraction of sp³-hybridized carbons (Fsp3) is 0.357. The van der Waals surface area contributed by atoms with Crippen molar-refractivity contribution in [1.29, 1.82) is 0 Å². The van der Waals surface area contributed by atoms with E-state index in [1.165, 1.54) is 6.07 Å². The van der Waals surface area contributed by atoms with E-state index in [0.29, 0.717) is 12.1 Å². The molecule has 2 N–H and O–H groups in total. The maximum absolute atomic E-state index is 11.6. The lowest BCUT2D eigenvalue weighted by molar-refractivity contribution is -0.153. The summed E-state index contributed by atoms with van der Waals surface area (Å²) in [4.78, 5) is 11.6. The molecule has 0 aliphatic heterocycles.